The molecule has 0 unspecified atom stereocenters. The second-order valence-electron chi connectivity index (χ2n) is 5.69. The molecule has 1 amide bonds. The lowest BCUT2D eigenvalue weighted by atomic mass is 10.1. The number of hydrogen-bond acceptors (Lipinski definition) is 6. The van der Waals surface area contributed by atoms with Crippen molar-refractivity contribution in [1.82, 2.24) is 40.1 Å². The maximum Gasteiger partial charge on any atom is 0.249 e. The molecule has 1 aromatic carbocycles. The third kappa shape index (κ3) is 3.14. The number of nitrogens with zero attached hydrogens (tertiary/aromatic N) is 7. The molecule has 0 aliphatic heterocycles. The Morgan fingerprint density at radius 2 is 1.92 bits per heavy atom. The summed E-state index contributed by atoms with van der Waals surface area (Å²) in [6.45, 7) is 0.431. The fourth-order valence-corrected chi connectivity index (χ4v) is 2.80. The van der Waals surface area contributed by atoms with E-state index in [4.69, 9.17) is 0 Å². The van der Waals surface area contributed by atoms with Crippen molar-refractivity contribution in [2.24, 2.45) is 0 Å². The van der Waals surface area contributed by atoms with E-state index in [9.17, 15) is 4.79 Å². The summed E-state index contributed by atoms with van der Waals surface area (Å²) in [6, 6.07) is 14.5. The van der Waals surface area contributed by atoms with E-state index in [1.165, 1.54) is 11.0 Å². The van der Waals surface area contributed by atoms with Gasteiger partial charge in [0.15, 0.2) is 11.7 Å². The summed E-state index contributed by atoms with van der Waals surface area (Å²) < 4.78 is 3.35. The van der Waals surface area contributed by atoms with Crippen LogP contribution in [0.4, 0.5) is 0 Å². The van der Waals surface area contributed by atoms with Gasteiger partial charge in [0, 0.05) is 19.2 Å². The summed E-state index contributed by atoms with van der Waals surface area (Å²) in [6.07, 6.45) is 3.90. The minimum atomic E-state index is -0.624. The fourth-order valence-electron chi connectivity index (χ4n) is 2.80. The first-order chi connectivity index (χ1) is 12.8. The average molecular weight is 348 g/mol. The van der Waals surface area contributed by atoms with Gasteiger partial charge in [0.2, 0.25) is 5.91 Å². The minimum Gasteiger partial charge on any atom is -0.353 e. The Morgan fingerprint density at radius 3 is 2.73 bits per heavy atom. The highest BCUT2D eigenvalue weighted by Crippen LogP contribution is 2.16. The number of benzene rings is 1. The number of pyridine rings is 1. The van der Waals surface area contributed by atoms with Crippen LogP contribution in [0, 0.1) is 0 Å². The summed E-state index contributed by atoms with van der Waals surface area (Å²) in [7, 11) is 0. The number of hydrogen-bond donors (Lipinski definition) is 1. The molecule has 3 aromatic heterocycles. The van der Waals surface area contributed by atoms with Crippen molar-refractivity contribution < 1.29 is 4.79 Å². The van der Waals surface area contributed by atoms with Crippen LogP contribution in [0.25, 0.3) is 5.65 Å². The van der Waals surface area contributed by atoms with Crippen LogP contribution in [0.2, 0.25) is 0 Å². The van der Waals surface area contributed by atoms with Gasteiger partial charge in [0.1, 0.15) is 12.2 Å². The molecule has 9 heteroatoms. The van der Waals surface area contributed by atoms with Crippen molar-refractivity contribution in [1.29, 1.82) is 0 Å². The first-order valence-corrected chi connectivity index (χ1v) is 8.17. The van der Waals surface area contributed by atoms with E-state index in [0.717, 1.165) is 17.0 Å². The van der Waals surface area contributed by atoms with Crippen LogP contribution in [0.15, 0.2) is 61.1 Å². The molecule has 1 atom stereocenters. The Morgan fingerprint density at radius 1 is 1.08 bits per heavy atom. The Balaban J connectivity index is 1.47. The molecule has 26 heavy (non-hydrogen) atoms. The van der Waals surface area contributed by atoms with Crippen LogP contribution < -0.4 is 5.32 Å². The topological polar surface area (TPSA) is 103 Å². The number of rotatable bonds is 6. The second kappa shape index (κ2) is 7.09. The summed E-state index contributed by atoms with van der Waals surface area (Å²) in [5.74, 6) is 0.608. The first kappa shape index (κ1) is 15.9. The van der Waals surface area contributed by atoms with E-state index in [2.05, 4.69) is 31.0 Å². The van der Waals surface area contributed by atoms with Crippen molar-refractivity contribution in [3.05, 3.63) is 72.4 Å². The van der Waals surface area contributed by atoms with Gasteiger partial charge in [-0.1, -0.05) is 36.4 Å². The largest absolute Gasteiger partial charge is 0.353 e. The maximum atomic E-state index is 12.8. The molecule has 0 aliphatic rings. The first-order valence-electron chi connectivity index (χ1n) is 8.17. The molecule has 0 saturated heterocycles. The number of amides is 1. The van der Waals surface area contributed by atoms with Crippen molar-refractivity contribution in [2.75, 3.05) is 6.54 Å². The van der Waals surface area contributed by atoms with Crippen LogP contribution >= 0.6 is 0 Å². The molecule has 0 spiro atoms. The minimum absolute atomic E-state index is 0.183. The number of carbonyl (C=O) groups is 1. The highest BCUT2D eigenvalue weighted by molar-refractivity contribution is 5.83. The number of nitrogens with one attached hydrogen (secondary N) is 1. The van der Waals surface area contributed by atoms with E-state index in [-0.39, 0.29) is 5.91 Å². The van der Waals surface area contributed by atoms with Crippen molar-refractivity contribution in [2.45, 2.75) is 12.5 Å². The number of carbonyl (C=O) groups excluding carboxylic acids is 1. The van der Waals surface area contributed by atoms with Crippen LogP contribution in [0.1, 0.15) is 17.4 Å². The van der Waals surface area contributed by atoms with Crippen molar-refractivity contribution >= 4 is 11.6 Å². The van der Waals surface area contributed by atoms with Crippen molar-refractivity contribution in [3.63, 3.8) is 0 Å². The molecular weight excluding hydrogens is 332 g/mol. The lowest BCUT2D eigenvalue weighted by molar-refractivity contribution is -0.123. The van der Waals surface area contributed by atoms with Crippen LogP contribution in [-0.4, -0.2) is 47.3 Å². The normalized spacial score (nSPS) is 12.2. The monoisotopic (exact) mass is 348 g/mol. The zero-order valence-corrected chi connectivity index (χ0v) is 13.8. The quantitative estimate of drug-likeness (QED) is 0.549. The molecule has 0 bridgehead atoms. The van der Waals surface area contributed by atoms with Gasteiger partial charge in [0.25, 0.3) is 0 Å². The van der Waals surface area contributed by atoms with Gasteiger partial charge < -0.3 is 5.32 Å². The third-order valence-corrected chi connectivity index (χ3v) is 4.03. The van der Waals surface area contributed by atoms with Gasteiger partial charge in [-0.05, 0) is 28.1 Å². The highest BCUT2D eigenvalue weighted by Gasteiger charge is 2.23. The predicted molar refractivity (Wildman–Crippen MR) is 92.1 cm³/mol. The van der Waals surface area contributed by atoms with E-state index < -0.39 is 6.04 Å². The Hall–Kier alpha value is -3.62. The SMILES string of the molecule is O=C(NCCc1nnc2ccccn12)[C@H](c1ccccc1)n1cnnn1. The Bertz CT molecular complexity index is 996. The molecule has 0 radical (unpaired) electrons. The average Bonchev–Trinajstić information content (AvgIpc) is 3.34. The lowest BCUT2D eigenvalue weighted by Crippen LogP contribution is -2.35. The van der Waals surface area contributed by atoms with Gasteiger partial charge in [-0.2, -0.15) is 0 Å². The van der Waals surface area contributed by atoms with Gasteiger partial charge >= 0.3 is 0 Å². The van der Waals surface area contributed by atoms with Gasteiger partial charge in [-0.15, -0.1) is 15.3 Å². The zero-order valence-electron chi connectivity index (χ0n) is 13.8. The molecule has 9 nitrogen and oxygen atoms in total. The van der Waals surface area contributed by atoms with Crippen LogP contribution in [0.5, 0.6) is 0 Å². The number of tetrazole rings is 1. The summed E-state index contributed by atoms with van der Waals surface area (Å²) >= 11 is 0. The Labute approximate surface area is 148 Å². The fraction of sp³-hybridized carbons (Fsp3) is 0.176. The van der Waals surface area contributed by atoms with Crippen LogP contribution in [0.3, 0.4) is 0 Å². The molecule has 0 fully saturated rings. The van der Waals surface area contributed by atoms with E-state index in [0.29, 0.717) is 13.0 Å². The summed E-state index contributed by atoms with van der Waals surface area (Å²) in [4.78, 5) is 12.8. The molecule has 0 aliphatic carbocycles. The summed E-state index contributed by atoms with van der Waals surface area (Å²) in [5, 5.41) is 22.4. The van der Waals surface area contributed by atoms with Gasteiger partial charge in [-0.3, -0.25) is 9.20 Å². The van der Waals surface area contributed by atoms with E-state index in [1.807, 2.05) is 59.1 Å². The number of fused-ring (bicyclic) bond motifs is 1. The lowest BCUT2D eigenvalue weighted by Gasteiger charge is -2.16. The van der Waals surface area contributed by atoms with Crippen LogP contribution in [-0.2, 0) is 11.2 Å². The second-order valence-corrected chi connectivity index (χ2v) is 5.69. The molecule has 130 valence electrons. The molecule has 4 rings (SSSR count). The molecular formula is C17H16N8O. The van der Waals surface area contributed by atoms with Crippen molar-refractivity contribution in [3.8, 4) is 0 Å². The number of aromatic nitrogens is 7. The molecule has 3 heterocycles. The smallest absolute Gasteiger partial charge is 0.249 e. The highest BCUT2D eigenvalue weighted by atomic mass is 16.2. The molecule has 1 N–H and O–H groups in total. The third-order valence-electron chi connectivity index (χ3n) is 4.03. The standard InChI is InChI=1S/C17H16N8O/c26-17(16(25-12-19-22-23-25)13-6-2-1-3-7-13)18-10-9-15-21-20-14-8-4-5-11-24(14)15/h1-8,11-12,16H,9-10H2,(H,18,26)/t16-/m0/s1. The van der Waals surface area contributed by atoms with Gasteiger partial charge in [-0.25, -0.2) is 4.68 Å². The Kier molecular flexibility index (Phi) is 4.33. The summed E-state index contributed by atoms with van der Waals surface area (Å²) in [5.41, 5.74) is 1.59. The molecule has 0 saturated carbocycles. The van der Waals surface area contributed by atoms with Gasteiger partial charge in [0.05, 0.1) is 0 Å². The molecule has 4 aromatic rings. The maximum absolute atomic E-state index is 12.8. The van der Waals surface area contributed by atoms with E-state index >= 15 is 0 Å². The zero-order chi connectivity index (χ0) is 17.8. The van der Waals surface area contributed by atoms with E-state index in [1.54, 1.807) is 0 Å². The predicted octanol–water partition coefficient (Wildman–Crippen LogP) is 0.664.